The topological polar surface area (TPSA) is 18.4 Å². The Hall–Kier alpha value is -1.15. The first-order chi connectivity index (χ1) is 8.66. The van der Waals surface area contributed by atoms with E-state index in [9.17, 15) is 0 Å². The van der Waals surface area contributed by atoms with Crippen molar-refractivity contribution >= 4 is 6.21 Å². The van der Waals surface area contributed by atoms with E-state index in [0.29, 0.717) is 5.92 Å². The number of quaternary nitrogens is 1. The van der Waals surface area contributed by atoms with E-state index in [1.165, 1.54) is 18.5 Å². The minimum Gasteiger partial charge on any atom is -0.335 e. The van der Waals surface area contributed by atoms with Crippen LogP contribution in [0.3, 0.4) is 0 Å². The molecule has 0 amide bonds. The fourth-order valence-electron chi connectivity index (χ4n) is 2.86. The average molecular weight is 246 g/mol. The van der Waals surface area contributed by atoms with E-state index in [1.807, 2.05) is 0 Å². The molecule has 98 valence electrons. The van der Waals surface area contributed by atoms with E-state index in [-0.39, 0.29) is 0 Å². The first-order valence-corrected chi connectivity index (χ1v) is 7.09. The molecule has 2 heteroatoms. The molecule has 1 heterocycles. The first kappa shape index (κ1) is 13.3. The SMILES string of the molecule is C[C@@H]1C[NH+](C)[C@@H](C)C[C@H]1C=[NH+]Cc1ccccc1. The van der Waals surface area contributed by atoms with Crippen molar-refractivity contribution in [2.24, 2.45) is 11.8 Å². The van der Waals surface area contributed by atoms with Gasteiger partial charge in [-0.15, -0.1) is 0 Å². The van der Waals surface area contributed by atoms with Crippen molar-refractivity contribution in [2.45, 2.75) is 32.9 Å². The number of piperidine rings is 1. The number of hydrogen-bond donors (Lipinski definition) is 2. The predicted octanol–water partition coefficient (Wildman–Crippen LogP) is -0.103. The minimum absolute atomic E-state index is 0.715. The fourth-order valence-corrected chi connectivity index (χ4v) is 2.86. The summed E-state index contributed by atoms with van der Waals surface area (Å²) >= 11 is 0. The second kappa shape index (κ2) is 6.14. The Morgan fingerprint density at radius 3 is 2.72 bits per heavy atom. The van der Waals surface area contributed by atoms with Crippen LogP contribution in [-0.4, -0.2) is 25.8 Å². The molecule has 1 fully saturated rings. The van der Waals surface area contributed by atoms with Crippen LogP contribution in [0.1, 0.15) is 25.8 Å². The maximum absolute atomic E-state index is 3.50. The summed E-state index contributed by atoms with van der Waals surface area (Å²) in [7, 11) is 2.31. The van der Waals surface area contributed by atoms with Crippen molar-refractivity contribution in [1.29, 1.82) is 0 Å². The van der Waals surface area contributed by atoms with Gasteiger partial charge in [0.2, 0.25) is 0 Å². The Morgan fingerprint density at radius 2 is 2.00 bits per heavy atom. The summed E-state index contributed by atoms with van der Waals surface area (Å²) in [6.45, 7) is 6.97. The monoisotopic (exact) mass is 246 g/mol. The van der Waals surface area contributed by atoms with Crippen molar-refractivity contribution in [3.8, 4) is 0 Å². The van der Waals surface area contributed by atoms with Crippen LogP contribution < -0.4 is 9.89 Å². The lowest BCUT2D eigenvalue weighted by Gasteiger charge is -2.34. The number of benzene rings is 1. The fraction of sp³-hybridized carbons (Fsp3) is 0.562. The van der Waals surface area contributed by atoms with Crippen molar-refractivity contribution in [3.63, 3.8) is 0 Å². The molecule has 0 radical (unpaired) electrons. The first-order valence-electron chi connectivity index (χ1n) is 7.09. The van der Waals surface area contributed by atoms with Crippen LogP contribution in [0.4, 0.5) is 0 Å². The van der Waals surface area contributed by atoms with Gasteiger partial charge in [-0.2, -0.15) is 0 Å². The molecule has 1 aliphatic rings. The molecule has 0 saturated carbocycles. The zero-order valence-electron chi connectivity index (χ0n) is 11.8. The smallest absolute Gasteiger partial charge is 0.165 e. The highest BCUT2D eigenvalue weighted by Crippen LogP contribution is 2.16. The summed E-state index contributed by atoms with van der Waals surface area (Å²) in [6, 6.07) is 11.4. The maximum Gasteiger partial charge on any atom is 0.165 e. The maximum atomic E-state index is 3.50. The molecule has 1 saturated heterocycles. The van der Waals surface area contributed by atoms with Crippen LogP contribution in [0.2, 0.25) is 0 Å². The van der Waals surface area contributed by atoms with Gasteiger partial charge in [-0.3, -0.25) is 0 Å². The highest BCUT2D eigenvalue weighted by molar-refractivity contribution is 5.54. The summed E-state index contributed by atoms with van der Waals surface area (Å²) in [5, 5.41) is 0. The molecule has 4 atom stereocenters. The molecular weight excluding hydrogens is 220 g/mol. The lowest BCUT2D eigenvalue weighted by Crippen LogP contribution is -3.14. The van der Waals surface area contributed by atoms with E-state index < -0.39 is 0 Å². The molecule has 0 aromatic heterocycles. The minimum atomic E-state index is 0.715. The quantitative estimate of drug-likeness (QED) is 0.694. The molecule has 0 spiro atoms. The van der Waals surface area contributed by atoms with Gasteiger partial charge in [0.15, 0.2) is 6.54 Å². The summed E-state index contributed by atoms with van der Waals surface area (Å²) in [4.78, 5) is 5.18. The number of likely N-dealkylation sites (tertiary alicyclic amines) is 1. The summed E-state index contributed by atoms with van der Waals surface area (Å²) < 4.78 is 0. The van der Waals surface area contributed by atoms with E-state index >= 15 is 0 Å². The normalized spacial score (nSPS) is 32.8. The molecule has 2 nitrogen and oxygen atoms in total. The van der Waals surface area contributed by atoms with Gasteiger partial charge in [-0.1, -0.05) is 37.3 Å². The van der Waals surface area contributed by atoms with Crippen LogP contribution in [0.5, 0.6) is 0 Å². The van der Waals surface area contributed by atoms with Gasteiger partial charge in [0, 0.05) is 23.8 Å². The van der Waals surface area contributed by atoms with E-state index in [4.69, 9.17) is 0 Å². The van der Waals surface area contributed by atoms with Gasteiger partial charge in [0.1, 0.15) is 6.21 Å². The standard InChI is InChI=1S/C16H24N2/c1-13-12-18(3)14(2)9-16(13)11-17-10-15-7-5-4-6-8-15/h4-8,11,13-14,16H,9-10,12H2,1-3H3/p+2/t13-,14+,16+/m1/s1. The third-order valence-corrected chi connectivity index (χ3v) is 4.32. The molecule has 2 N–H and O–H groups in total. The summed E-state index contributed by atoms with van der Waals surface area (Å²) in [6.07, 6.45) is 3.63. The Labute approximate surface area is 111 Å². The molecule has 18 heavy (non-hydrogen) atoms. The van der Waals surface area contributed by atoms with Crippen LogP contribution in [0.15, 0.2) is 30.3 Å². The number of rotatable bonds is 3. The zero-order chi connectivity index (χ0) is 13.0. The Kier molecular flexibility index (Phi) is 4.54. The molecule has 1 aliphatic heterocycles. The van der Waals surface area contributed by atoms with Crippen LogP contribution in [-0.2, 0) is 6.54 Å². The highest BCUT2D eigenvalue weighted by atomic mass is 15.1. The lowest BCUT2D eigenvalue weighted by molar-refractivity contribution is -0.913. The third-order valence-electron chi connectivity index (χ3n) is 4.32. The second-order valence-electron chi connectivity index (χ2n) is 5.86. The van der Waals surface area contributed by atoms with Gasteiger partial charge < -0.3 is 4.90 Å². The third kappa shape index (κ3) is 3.42. The molecule has 1 unspecified atom stereocenters. The largest absolute Gasteiger partial charge is 0.335 e. The van der Waals surface area contributed by atoms with Crippen molar-refractivity contribution < 1.29 is 9.89 Å². The van der Waals surface area contributed by atoms with Crippen LogP contribution >= 0.6 is 0 Å². The van der Waals surface area contributed by atoms with Crippen LogP contribution in [0.25, 0.3) is 0 Å². The molecule has 1 aromatic rings. The predicted molar refractivity (Wildman–Crippen MR) is 75.7 cm³/mol. The molecular formula is C16H26N2+2. The average Bonchev–Trinajstić information content (AvgIpc) is 2.37. The lowest BCUT2D eigenvalue weighted by atomic mass is 9.84. The van der Waals surface area contributed by atoms with Gasteiger partial charge >= 0.3 is 0 Å². The Balaban J connectivity index is 1.89. The van der Waals surface area contributed by atoms with E-state index in [0.717, 1.165) is 18.5 Å². The molecule has 0 aliphatic carbocycles. The van der Waals surface area contributed by atoms with Crippen molar-refractivity contribution in [2.75, 3.05) is 13.6 Å². The van der Waals surface area contributed by atoms with Gasteiger partial charge in [-0.05, 0) is 6.92 Å². The molecule has 2 rings (SSSR count). The van der Waals surface area contributed by atoms with E-state index in [2.05, 4.69) is 62.4 Å². The van der Waals surface area contributed by atoms with E-state index in [1.54, 1.807) is 4.90 Å². The Morgan fingerprint density at radius 1 is 1.28 bits per heavy atom. The highest BCUT2D eigenvalue weighted by Gasteiger charge is 2.32. The van der Waals surface area contributed by atoms with Gasteiger partial charge in [0.05, 0.1) is 19.6 Å². The summed E-state index contributed by atoms with van der Waals surface area (Å²) in [5.41, 5.74) is 1.35. The summed E-state index contributed by atoms with van der Waals surface area (Å²) in [5.74, 6) is 1.50. The number of hydrogen-bond acceptors (Lipinski definition) is 0. The van der Waals surface area contributed by atoms with Gasteiger partial charge in [0.25, 0.3) is 0 Å². The van der Waals surface area contributed by atoms with Crippen molar-refractivity contribution in [3.05, 3.63) is 35.9 Å². The number of nitrogens with one attached hydrogen (secondary N) is 2. The molecule has 1 aromatic carbocycles. The van der Waals surface area contributed by atoms with Crippen molar-refractivity contribution in [1.82, 2.24) is 0 Å². The van der Waals surface area contributed by atoms with Gasteiger partial charge in [-0.25, -0.2) is 4.99 Å². The molecule has 0 bridgehead atoms. The Bertz CT molecular complexity index is 385. The second-order valence-corrected chi connectivity index (χ2v) is 5.86. The van der Waals surface area contributed by atoms with Crippen LogP contribution in [0, 0.1) is 11.8 Å². The zero-order valence-corrected chi connectivity index (χ0v) is 11.8.